The average molecular weight is 301 g/mol. The van der Waals surface area contributed by atoms with E-state index in [4.69, 9.17) is 9.47 Å². The Kier molecular flexibility index (Phi) is 5.25. The summed E-state index contributed by atoms with van der Waals surface area (Å²) < 4.78 is 10.2. The fraction of sp³-hybridized carbons (Fsp3) is 0.235. The van der Waals surface area contributed by atoms with E-state index in [9.17, 15) is 9.90 Å². The van der Waals surface area contributed by atoms with Gasteiger partial charge in [0.1, 0.15) is 6.61 Å². The van der Waals surface area contributed by atoms with Crippen molar-refractivity contribution in [3.05, 3.63) is 59.7 Å². The fourth-order valence-corrected chi connectivity index (χ4v) is 2.00. The molecule has 2 rings (SSSR count). The molecule has 0 spiro atoms. The summed E-state index contributed by atoms with van der Waals surface area (Å²) in [5.41, 5.74) is 1.73. The highest BCUT2D eigenvalue weighted by atomic mass is 16.6. The summed E-state index contributed by atoms with van der Waals surface area (Å²) in [6, 6.07) is 14.5. The molecule has 5 nitrogen and oxygen atoms in total. The van der Waals surface area contributed by atoms with Crippen molar-refractivity contribution in [2.45, 2.75) is 13.2 Å². The van der Waals surface area contributed by atoms with Gasteiger partial charge >= 0.3 is 6.09 Å². The van der Waals surface area contributed by atoms with Crippen molar-refractivity contribution in [1.82, 2.24) is 4.90 Å². The molecular formula is C17H19NO4. The lowest BCUT2D eigenvalue weighted by molar-refractivity contribution is 0.103. The van der Waals surface area contributed by atoms with Crippen molar-refractivity contribution in [3.8, 4) is 11.5 Å². The van der Waals surface area contributed by atoms with Gasteiger partial charge in [0, 0.05) is 13.6 Å². The van der Waals surface area contributed by atoms with Crippen LogP contribution in [0.5, 0.6) is 11.5 Å². The minimum absolute atomic E-state index is 0.0473. The molecule has 0 aliphatic carbocycles. The monoisotopic (exact) mass is 301 g/mol. The van der Waals surface area contributed by atoms with Gasteiger partial charge < -0.3 is 19.5 Å². The van der Waals surface area contributed by atoms with E-state index >= 15 is 0 Å². The first kappa shape index (κ1) is 15.7. The molecule has 0 saturated heterocycles. The molecule has 0 radical (unpaired) electrons. The van der Waals surface area contributed by atoms with E-state index < -0.39 is 6.09 Å². The number of benzene rings is 2. The third kappa shape index (κ3) is 4.15. The third-order valence-electron chi connectivity index (χ3n) is 3.18. The fourth-order valence-electron chi connectivity index (χ4n) is 2.00. The normalized spacial score (nSPS) is 10.1. The van der Waals surface area contributed by atoms with Crippen molar-refractivity contribution in [2.24, 2.45) is 0 Å². The largest absolute Gasteiger partial charge is 0.504 e. The molecule has 0 fully saturated rings. The third-order valence-corrected chi connectivity index (χ3v) is 3.18. The van der Waals surface area contributed by atoms with E-state index in [1.807, 2.05) is 30.3 Å². The number of amides is 1. The highest BCUT2D eigenvalue weighted by Crippen LogP contribution is 2.26. The Labute approximate surface area is 129 Å². The van der Waals surface area contributed by atoms with Crippen LogP contribution in [0.25, 0.3) is 0 Å². The predicted octanol–water partition coefficient (Wildman–Crippen LogP) is 3.17. The molecule has 0 atom stereocenters. The first-order valence-corrected chi connectivity index (χ1v) is 6.88. The summed E-state index contributed by atoms with van der Waals surface area (Å²) in [5, 5.41) is 9.74. The molecule has 0 heterocycles. The highest BCUT2D eigenvalue weighted by molar-refractivity contribution is 5.67. The van der Waals surface area contributed by atoms with Crippen molar-refractivity contribution >= 4 is 6.09 Å². The number of phenolic OH excluding ortho intramolecular Hbond substituents is 1. The zero-order valence-electron chi connectivity index (χ0n) is 12.7. The van der Waals surface area contributed by atoms with E-state index in [0.717, 1.165) is 11.1 Å². The molecule has 2 aromatic carbocycles. The second-order valence-electron chi connectivity index (χ2n) is 4.90. The van der Waals surface area contributed by atoms with Crippen molar-refractivity contribution < 1.29 is 19.4 Å². The molecule has 22 heavy (non-hydrogen) atoms. The summed E-state index contributed by atoms with van der Waals surface area (Å²) in [5.74, 6) is 0.448. The van der Waals surface area contributed by atoms with Crippen LogP contribution in [0.15, 0.2) is 48.5 Å². The number of phenols is 1. The second kappa shape index (κ2) is 7.36. The van der Waals surface area contributed by atoms with E-state index in [1.165, 1.54) is 12.0 Å². The minimum atomic E-state index is -0.417. The Balaban J connectivity index is 1.89. The zero-order valence-corrected chi connectivity index (χ0v) is 12.7. The predicted molar refractivity (Wildman–Crippen MR) is 82.8 cm³/mol. The summed E-state index contributed by atoms with van der Waals surface area (Å²) >= 11 is 0. The van der Waals surface area contributed by atoms with Crippen LogP contribution in [0.4, 0.5) is 4.79 Å². The van der Waals surface area contributed by atoms with Gasteiger partial charge in [-0.3, -0.25) is 0 Å². The average Bonchev–Trinajstić information content (AvgIpc) is 2.53. The molecule has 5 heteroatoms. The van der Waals surface area contributed by atoms with Crippen LogP contribution >= 0.6 is 0 Å². The Bertz CT molecular complexity index is 628. The number of carbonyl (C=O) groups is 1. The number of carbonyl (C=O) groups excluding carboxylic acids is 1. The molecule has 2 aromatic rings. The van der Waals surface area contributed by atoms with Gasteiger partial charge in [0.15, 0.2) is 11.5 Å². The van der Waals surface area contributed by atoms with Gasteiger partial charge in [-0.25, -0.2) is 4.79 Å². The maximum Gasteiger partial charge on any atom is 0.410 e. The maximum absolute atomic E-state index is 11.9. The number of aromatic hydroxyl groups is 1. The van der Waals surface area contributed by atoms with Crippen LogP contribution in [0, 0.1) is 0 Å². The van der Waals surface area contributed by atoms with Gasteiger partial charge in [0.2, 0.25) is 0 Å². The molecular weight excluding hydrogens is 282 g/mol. The SMILES string of the molecule is COc1ccc(CN(C)C(=O)OCc2ccccc2)cc1O. The van der Waals surface area contributed by atoms with E-state index in [2.05, 4.69) is 0 Å². The summed E-state index contributed by atoms with van der Waals surface area (Å²) in [7, 11) is 3.14. The Morgan fingerprint density at radius 3 is 2.50 bits per heavy atom. The Morgan fingerprint density at radius 2 is 1.86 bits per heavy atom. The number of hydrogen-bond acceptors (Lipinski definition) is 4. The Morgan fingerprint density at radius 1 is 1.14 bits per heavy atom. The second-order valence-corrected chi connectivity index (χ2v) is 4.90. The Hall–Kier alpha value is -2.69. The summed E-state index contributed by atoms with van der Waals surface area (Å²) in [6.07, 6.45) is -0.417. The molecule has 0 aliphatic rings. The van der Waals surface area contributed by atoms with Gasteiger partial charge in [-0.05, 0) is 23.3 Å². The van der Waals surface area contributed by atoms with Crippen molar-refractivity contribution in [1.29, 1.82) is 0 Å². The maximum atomic E-state index is 11.9. The van der Waals surface area contributed by atoms with Crippen LogP contribution in [0.1, 0.15) is 11.1 Å². The van der Waals surface area contributed by atoms with Crippen LogP contribution in [0.3, 0.4) is 0 Å². The van der Waals surface area contributed by atoms with E-state index in [-0.39, 0.29) is 12.4 Å². The van der Waals surface area contributed by atoms with Gasteiger partial charge in [0.25, 0.3) is 0 Å². The van der Waals surface area contributed by atoms with Crippen molar-refractivity contribution in [2.75, 3.05) is 14.2 Å². The van der Waals surface area contributed by atoms with Crippen LogP contribution in [0.2, 0.25) is 0 Å². The smallest absolute Gasteiger partial charge is 0.410 e. The van der Waals surface area contributed by atoms with Gasteiger partial charge in [0.05, 0.1) is 7.11 Å². The van der Waals surface area contributed by atoms with Crippen LogP contribution < -0.4 is 4.74 Å². The first-order valence-electron chi connectivity index (χ1n) is 6.88. The number of rotatable bonds is 5. The number of nitrogens with zero attached hydrogens (tertiary/aromatic N) is 1. The number of ether oxygens (including phenoxy) is 2. The lowest BCUT2D eigenvalue weighted by Gasteiger charge is -2.17. The highest BCUT2D eigenvalue weighted by Gasteiger charge is 2.12. The molecule has 1 amide bonds. The molecule has 0 aromatic heterocycles. The van der Waals surface area contributed by atoms with Crippen LogP contribution in [-0.2, 0) is 17.9 Å². The van der Waals surface area contributed by atoms with Crippen LogP contribution in [-0.4, -0.2) is 30.3 Å². The molecule has 1 N–H and O–H groups in total. The number of methoxy groups -OCH3 is 1. The lowest BCUT2D eigenvalue weighted by Crippen LogP contribution is -2.26. The van der Waals surface area contributed by atoms with E-state index in [0.29, 0.717) is 12.3 Å². The van der Waals surface area contributed by atoms with Gasteiger partial charge in [-0.15, -0.1) is 0 Å². The minimum Gasteiger partial charge on any atom is -0.504 e. The number of hydrogen-bond donors (Lipinski definition) is 1. The molecule has 0 unspecified atom stereocenters. The van der Waals surface area contributed by atoms with Gasteiger partial charge in [-0.1, -0.05) is 36.4 Å². The zero-order chi connectivity index (χ0) is 15.9. The summed E-state index contributed by atoms with van der Waals surface area (Å²) in [6.45, 7) is 0.572. The standard InChI is InChI=1S/C17H19NO4/c1-18(11-14-8-9-16(21-2)15(19)10-14)17(20)22-12-13-6-4-3-5-7-13/h3-10,19H,11-12H2,1-2H3. The first-order chi connectivity index (χ1) is 10.6. The quantitative estimate of drug-likeness (QED) is 0.921. The lowest BCUT2D eigenvalue weighted by atomic mass is 10.2. The molecule has 0 saturated carbocycles. The van der Waals surface area contributed by atoms with Crippen molar-refractivity contribution in [3.63, 3.8) is 0 Å². The summed E-state index contributed by atoms with van der Waals surface area (Å²) in [4.78, 5) is 13.4. The molecule has 0 aliphatic heterocycles. The molecule has 0 bridgehead atoms. The van der Waals surface area contributed by atoms with E-state index in [1.54, 1.807) is 25.2 Å². The van der Waals surface area contributed by atoms with Gasteiger partial charge in [-0.2, -0.15) is 0 Å². The molecule has 116 valence electrons. The topological polar surface area (TPSA) is 59.0 Å².